The monoisotopic (exact) mass is 632 g/mol. The molecule has 228 valence electrons. The number of hydrogen-bond donors (Lipinski definition) is 0. The highest BCUT2D eigenvalue weighted by molar-refractivity contribution is 7.26. The quantitative estimate of drug-likeness (QED) is 0.173. The van der Waals surface area contributed by atoms with Crippen LogP contribution in [0.2, 0.25) is 0 Å². The van der Waals surface area contributed by atoms with Crippen molar-refractivity contribution in [1.82, 2.24) is 0 Å². The fourth-order valence-electron chi connectivity index (χ4n) is 8.23. The lowest BCUT2D eigenvalue weighted by Crippen LogP contribution is -2.12. The summed E-state index contributed by atoms with van der Waals surface area (Å²) in [7, 11) is 0. The minimum Gasteiger partial charge on any atom is -0.464 e. The van der Waals surface area contributed by atoms with E-state index in [1.165, 1.54) is 91.1 Å². The Bertz CT molecular complexity index is 2870. The summed E-state index contributed by atoms with van der Waals surface area (Å²) < 4.78 is 8.73. The molecule has 0 amide bonds. The number of rotatable bonds is 2. The van der Waals surface area contributed by atoms with E-state index in [-0.39, 0.29) is 5.41 Å². The van der Waals surface area contributed by atoms with E-state index in [4.69, 9.17) is 4.42 Å². The molecule has 0 aliphatic rings. The van der Waals surface area contributed by atoms with Crippen molar-refractivity contribution in [2.45, 2.75) is 26.2 Å². The number of fused-ring (bicyclic) bond motifs is 9. The maximum absolute atomic E-state index is 6.04. The maximum Gasteiger partial charge on any atom is 0.138 e. The minimum atomic E-state index is -0.0582. The lowest BCUT2D eigenvalue weighted by Gasteiger charge is -2.23. The Morgan fingerprint density at radius 2 is 1.17 bits per heavy atom. The normalized spacial score (nSPS) is 12.5. The molecule has 0 fully saturated rings. The molecule has 0 N–H and O–H groups in total. The molecule has 8 aromatic carbocycles. The summed E-state index contributed by atoms with van der Waals surface area (Å²) in [6.45, 7) is 6.82. The highest BCUT2D eigenvalue weighted by Crippen LogP contribution is 2.49. The van der Waals surface area contributed by atoms with E-state index in [1.807, 2.05) is 17.6 Å². The predicted molar refractivity (Wildman–Crippen MR) is 209 cm³/mol. The van der Waals surface area contributed by atoms with Crippen LogP contribution in [0, 0.1) is 0 Å². The Balaban J connectivity index is 1.30. The molecule has 10 rings (SSSR count). The van der Waals surface area contributed by atoms with Crippen molar-refractivity contribution >= 4 is 85.6 Å². The van der Waals surface area contributed by atoms with E-state index in [0.717, 1.165) is 11.0 Å². The van der Waals surface area contributed by atoms with Crippen molar-refractivity contribution in [3.05, 3.63) is 145 Å². The average molecular weight is 633 g/mol. The second kappa shape index (κ2) is 10.0. The summed E-state index contributed by atoms with van der Waals surface area (Å²) in [4.78, 5) is 0. The van der Waals surface area contributed by atoms with Gasteiger partial charge in [0.1, 0.15) is 5.58 Å². The van der Waals surface area contributed by atoms with Gasteiger partial charge in [-0.05, 0) is 95.0 Å². The van der Waals surface area contributed by atoms with Gasteiger partial charge in [-0.2, -0.15) is 0 Å². The van der Waals surface area contributed by atoms with Gasteiger partial charge in [-0.25, -0.2) is 0 Å². The maximum atomic E-state index is 6.04. The predicted octanol–water partition coefficient (Wildman–Crippen LogP) is 14.0. The fraction of sp³-hybridized carbons (Fsp3) is 0.0870. The Hall–Kier alpha value is -5.44. The third-order valence-electron chi connectivity index (χ3n) is 10.2. The van der Waals surface area contributed by atoms with Crippen molar-refractivity contribution in [3.63, 3.8) is 0 Å². The second-order valence-electron chi connectivity index (χ2n) is 14.1. The van der Waals surface area contributed by atoms with Crippen molar-refractivity contribution < 1.29 is 4.42 Å². The lowest BCUT2D eigenvalue weighted by atomic mass is 9.81. The van der Waals surface area contributed by atoms with E-state index in [9.17, 15) is 0 Å². The van der Waals surface area contributed by atoms with Gasteiger partial charge in [0, 0.05) is 31.1 Å². The summed E-state index contributed by atoms with van der Waals surface area (Å²) in [5.41, 5.74) is 7.31. The van der Waals surface area contributed by atoms with Crippen molar-refractivity contribution in [3.8, 4) is 22.3 Å². The molecule has 2 heteroatoms. The van der Waals surface area contributed by atoms with E-state index in [0.29, 0.717) is 0 Å². The molecule has 2 aromatic heterocycles. The Morgan fingerprint density at radius 3 is 1.90 bits per heavy atom. The average Bonchev–Trinajstić information content (AvgIpc) is 3.73. The molecule has 0 radical (unpaired) electrons. The molecular formula is C46H32OS. The van der Waals surface area contributed by atoms with E-state index in [1.54, 1.807) is 0 Å². The van der Waals surface area contributed by atoms with Crippen LogP contribution < -0.4 is 0 Å². The molecule has 0 bridgehead atoms. The summed E-state index contributed by atoms with van der Waals surface area (Å²) in [5, 5.41) is 14.0. The second-order valence-corrected chi connectivity index (χ2v) is 15.1. The first-order chi connectivity index (χ1) is 23.5. The SMILES string of the molecule is CC(C)(C)c1c2ccc(-c3c4ccccc4c(-c4cccc5sc6c7ccccc7ccc6c45)c4ccccc34)cc2cc2ccoc12. The third-order valence-corrected chi connectivity index (χ3v) is 11.4. The van der Waals surface area contributed by atoms with Crippen LogP contribution in [-0.2, 0) is 5.41 Å². The van der Waals surface area contributed by atoms with Crippen LogP contribution in [0.25, 0.3) is 96.5 Å². The van der Waals surface area contributed by atoms with Gasteiger partial charge < -0.3 is 4.42 Å². The molecule has 0 saturated carbocycles. The van der Waals surface area contributed by atoms with Gasteiger partial charge in [-0.3, -0.25) is 0 Å². The largest absolute Gasteiger partial charge is 0.464 e. The van der Waals surface area contributed by atoms with Crippen LogP contribution in [0.1, 0.15) is 26.3 Å². The minimum absolute atomic E-state index is 0.0582. The van der Waals surface area contributed by atoms with Gasteiger partial charge in [-0.1, -0.05) is 130 Å². The molecule has 0 unspecified atom stereocenters. The molecule has 0 atom stereocenters. The molecule has 1 nitrogen and oxygen atoms in total. The van der Waals surface area contributed by atoms with Crippen LogP contribution >= 0.6 is 11.3 Å². The molecule has 0 aliphatic heterocycles. The summed E-state index contributed by atoms with van der Waals surface area (Å²) in [6.07, 6.45) is 1.82. The zero-order valence-corrected chi connectivity index (χ0v) is 27.9. The van der Waals surface area contributed by atoms with Gasteiger partial charge in [0.2, 0.25) is 0 Å². The van der Waals surface area contributed by atoms with Crippen molar-refractivity contribution in [2.24, 2.45) is 0 Å². The first-order valence-electron chi connectivity index (χ1n) is 16.7. The highest BCUT2D eigenvalue weighted by Gasteiger charge is 2.24. The molecule has 48 heavy (non-hydrogen) atoms. The Kier molecular flexibility index (Phi) is 5.78. The zero-order valence-electron chi connectivity index (χ0n) is 27.1. The van der Waals surface area contributed by atoms with E-state index >= 15 is 0 Å². The highest BCUT2D eigenvalue weighted by atomic mass is 32.1. The molecule has 10 aromatic rings. The molecule has 0 spiro atoms. The van der Waals surface area contributed by atoms with Gasteiger partial charge >= 0.3 is 0 Å². The standard InChI is InChI=1S/C46H32OS/c1-46(2,3)43-31-21-20-28(25-30(31)26-29-23-24-47-44(29)43)40-33-13-6-8-15-35(33)41(36-16-9-7-14-34(36)40)37-17-10-18-39-42(37)38-22-19-27-11-4-5-12-32(27)45(38)48-39/h4-26H,1-3H3. The molecular weight excluding hydrogens is 601 g/mol. The lowest BCUT2D eigenvalue weighted by molar-refractivity contribution is 0.563. The van der Waals surface area contributed by atoms with Crippen LogP contribution in [-0.4, -0.2) is 0 Å². The Morgan fingerprint density at radius 1 is 0.500 bits per heavy atom. The smallest absolute Gasteiger partial charge is 0.138 e. The number of hydrogen-bond acceptors (Lipinski definition) is 2. The van der Waals surface area contributed by atoms with E-state index < -0.39 is 0 Å². The van der Waals surface area contributed by atoms with Crippen LogP contribution in [0.4, 0.5) is 0 Å². The molecule has 0 saturated heterocycles. The van der Waals surface area contributed by atoms with Gasteiger partial charge in [0.25, 0.3) is 0 Å². The number of furan rings is 1. The van der Waals surface area contributed by atoms with Crippen molar-refractivity contribution in [2.75, 3.05) is 0 Å². The fourth-order valence-corrected chi connectivity index (χ4v) is 9.49. The van der Waals surface area contributed by atoms with Crippen molar-refractivity contribution in [1.29, 1.82) is 0 Å². The van der Waals surface area contributed by atoms with Crippen LogP contribution in [0.5, 0.6) is 0 Å². The van der Waals surface area contributed by atoms with Crippen LogP contribution in [0.3, 0.4) is 0 Å². The molecule has 0 aliphatic carbocycles. The van der Waals surface area contributed by atoms with Gasteiger partial charge in [0.05, 0.1) is 6.26 Å². The van der Waals surface area contributed by atoms with Crippen LogP contribution in [0.15, 0.2) is 144 Å². The van der Waals surface area contributed by atoms with Gasteiger partial charge in [-0.15, -0.1) is 11.3 Å². The zero-order chi connectivity index (χ0) is 32.1. The summed E-state index contributed by atoms with van der Waals surface area (Å²) in [6, 6.07) is 49.6. The number of benzene rings is 8. The Labute approximate surface area is 282 Å². The molecule has 2 heterocycles. The topological polar surface area (TPSA) is 13.1 Å². The van der Waals surface area contributed by atoms with E-state index in [2.05, 4.69) is 154 Å². The number of thiophene rings is 1. The van der Waals surface area contributed by atoms with Gasteiger partial charge in [0.15, 0.2) is 0 Å². The first-order valence-corrected chi connectivity index (χ1v) is 17.5. The summed E-state index contributed by atoms with van der Waals surface area (Å²) >= 11 is 1.91. The first kappa shape index (κ1) is 27.7. The third kappa shape index (κ3) is 3.90. The summed E-state index contributed by atoms with van der Waals surface area (Å²) in [5.74, 6) is 0.